The Morgan fingerprint density at radius 2 is 2.05 bits per heavy atom. The van der Waals surface area contributed by atoms with Crippen LogP contribution >= 0.6 is 0 Å². The molecule has 3 atom stereocenters. The van der Waals surface area contributed by atoms with Crippen molar-refractivity contribution < 1.29 is 9.59 Å². The summed E-state index contributed by atoms with van der Waals surface area (Å²) >= 11 is 0. The first-order valence-corrected chi connectivity index (χ1v) is 7.75. The first-order chi connectivity index (χ1) is 9.15. The van der Waals surface area contributed by atoms with Crippen molar-refractivity contribution in [3.8, 4) is 0 Å². The number of hydrogen-bond acceptors (Lipinski definition) is 2. The number of piperazine rings is 1. The Balaban J connectivity index is 2.04. The minimum Gasteiger partial charge on any atom is -0.343 e. The van der Waals surface area contributed by atoms with Crippen molar-refractivity contribution in [2.45, 2.75) is 70.9 Å². The normalized spacial score (nSPS) is 32.3. The third-order valence-corrected chi connectivity index (χ3v) is 4.58. The van der Waals surface area contributed by atoms with Crippen LogP contribution in [0.5, 0.6) is 0 Å². The lowest BCUT2D eigenvalue weighted by Crippen LogP contribution is -2.61. The van der Waals surface area contributed by atoms with Gasteiger partial charge in [-0.05, 0) is 25.2 Å². The van der Waals surface area contributed by atoms with Crippen LogP contribution in [0.15, 0.2) is 0 Å². The fraction of sp³-hybridized carbons (Fsp3) is 0.867. The molecule has 4 heteroatoms. The Hall–Kier alpha value is -1.06. The van der Waals surface area contributed by atoms with Crippen LogP contribution in [-0.2, 0) is 9.59 Å². The summed E-state index contributed by atoms with van der Waals surface area (Å²) in [4.78, 5) is 26.1. The Bertz CT molecular complexity index is 343. The Morgan fingerprint density at radius 3 is 2.74 bits per heavy atom. The van der Waals surface area contributed by atoms with E-state index in [2.05, 4.69) is 12.2 Å². The third-order valence-electron chi connectivity index (χ3n) is 4.58. The lowest BCUT2D eigenvalue weighted by Gasteiger charge is -2.41. The average molecular weight is 266 g/mol. The summed E-state index contributed by atoms with van der Waals surface area (Å²) in [6.45, 7) is 4.53. The van der Waals surface area contributed by atoms with Crippen molar-refractivity contribution in [2.24, 2.45) is 5.92 Å². The summed E-state index contributed by atoms with van der Waals surface area (Å²) in [5.74, 6) is 0.876. The van der Waals surface area contributed by atoms with E-state index in [1.54, 1.807) is 0 Å². The van der Waals surface area contributed by atoms with Gasteiger partial charge in [-0.3, -0.25) is 9.59 Å². The van der Waals surface area contributed by atoms with E-state index >= 15 is 0 Å². The lowest BCUT2D eigenvalue weighted by molar-refractivity contribution is -0.147. The molecule has 2 aliphatic rings. The molecule has 0 aromatic heterocycles. The maximum atomic E-state index is 12.5. The smallest absolute Gasteiger partial charge is 0.245 e. The van der Waals surface area contributed by atoms with E-state index in [9.17, 15) is 9.59 Å². The maximum absolute atomic E-state index is 12.5. The largest absolute Gasteiger partial charge is 0.343 e. The highest BCUT2D eigenvalue weighted by atomic mass is 16.2. The van der Waals surface area contributed by atoms with E-state index in [1.165, 1.54) is 19.3 Å². The summed E-state index contributed by atoms with van der Waals surface area (Å²) < 4.78 is 0. The number of carbonyl (C=O) groups is 2. The highest BCUT2D eigenvalue weighted by molar-refractivity contribution is 5.95. The molecule has 1 saturated carbocycles. The van der Waals surface area contributed by atoms with Crippen molar-refractivity contribution in [1.82, 2.24) is 10.2 Å². The van der Waals surface area contributed by atoms with Crippen molar-refractivity contribution in [2.75, 3.05) is 6.54 Å². The van der Waals surface area contributed by atoms with Gasteiger partial charge in [-0.15, -0.1) is 0 Å². The first-order valence-electron chi connectivity index (χ1n) is 7.75. The van der Waals surface area contributed by atoms with Crippen molar-refractivity contribution in [3.63, 3.8) is 0 Å². The lowest BCUT2D eigenvalue weighted by atomic mass is 9.83. The summed E-state index contributed by atoms with van der Waals surface area (Å²) in [5.41, 5.74) is 0. The molecule has 1 saturated heterocycles. The van der Waals surface area contributed by atoms with Gasteiger partial charge in [0.05, 0.1) is 6.54 Å². The Kier molecular flexibility index (Phi) is 4.83. The first kappa shape index (κ1) is 14.4. The van der Waals surface area contributed by atoms with Gasteiger partial charge in [0.25, 0.3) is 0 Å². The molecule has 2 rings (SSSR count). The molecular formula is C15H26N2O2. The predicted molar refractivity (Wildman–Crippen MR) is 74.6 cm³/mol. The number of hydrogen-bond donors (Lipinski definition) is 1. The van der Waals surface area contributed by atoms with Crippen LogP contribution in [-0.4, -0.2) is 35.3 Å². The van der Waals surface area contributed by atoms with Gasteiger partial charge in [0.2, 0.25) is 11.8 Å². The molecular weight excluding hydrogens is 240 g/mol. The summed E-state index contributed by atoms with van der Waals surface area (Å²) in [7, 11) is 0. The highest BCUT2D eigenvalue weighted by Crippen LogP contribution is 2.30. The van der Waals surface area contributed by atoms with Gasteiger partial charge in [0, 0.05) is 6.04 Å². The molecule has 3 unspecified atom stereocenters. The molecule has 2 fully saturated rings. The van der Waals surface area contributed by atoms with E-state index < -0.39 is 0 Å². The van der Waals surface area contributed by atoms with Crippen molar-refractivity contribution in [1.29, 1.82) is 0 Å². The molecule has 0 aromatic carbocycles. The highest BCUT2D eigenvalue weighted by Gasteiger charge is 2.37. The SMILES string of the molecule is CCCC1NC(=O)CN(C2CCCC(CC)C2)C1=O. The van der Waals surface area contributed by atoms with Crippen LogP contribution in [0.2, 0.25) is 0 Å². The van der Waals surface area contributed by atoms with Gasteiger partial charge in [-0.25, -0.2) is 0 Å². The zero-order chi connectivity index (χ0) is 13.8. The number of rotatable bonds is 4. The summed E-state index contributed by atoms with van der Waals surface area (Å²) in [6.07, 6.45) is 7.47. The second-order valence-corrected chi connectivity index (χ2v) is 5.97. The molecule has 108 valence electrons. The Labute approximate surface area is 115 Å². The standard InChI is InChI=1S/C15H26N2O2/c1-3-6-13-15(19)17(10-14(18)16-13)12-8-5-7-11(4-2)9-12/h11-13H,3-10H2,1-2H3,(H,16,18). The van der Waals surface area contributed by atoms with Gasteiger partial charge < -0.3 is 10.2 Å². The molecule has 0 aromatic rings. The molecule has 4 nitrogen and oxygen atoms in total. The van der Waals surface area contributed by atoms with E-state index in [0.29, 0.717) is 0 Å². The fourth-order valence-corrected chi connectivity index (χ4v) is 3.44. The predicted octanol–water partition coefficient (Wildman–Crippen LogP) is 2.08. The van der Waals surface area contributed by atoms with E-state index in [1.807, 2.05) is 11.8 Å². The molecule has 1 heterocycles. The molecule has 0 spiro atoms. The number of amides is 2. The average Bonchev–Trinajstić information content (AvgIpc) is 2.43. The fourth-order valence-electron chi connectivity index (χ4n) is 3.44. The van der Waals surface area contributed by atoms with Gasteiger partial charge in [0.1, 0.15) is 6.04 Å². The number of nitrogens with zero attached hydrogens (tertiary/aromatic N) is 1. The van der Waals surface area contributed by atoms with Crippen LogP contribution in [0.25, 0.3) is 0 Å². The summed E-state index contributed by atoms with van der Waals surface area (Å²) in [6, 6.07) is 0.00450. The molecule has 2 amide bonds. The monoisotopic (exact) mass is 266 g/mol. The Morgan fingerprint density at radius 1 is 1.26 bits per heavy atom. The summed E-state index contributed by atoms with van der Waals surface area (Å²) in [5, 5.41) is 2.83. The molecule has 19 heavy (non-hydrogen) atoms. The van der Waals surface area contributed by atoms with Gasteiger partial charge in [-0.2, -0.15) is 0 Å². The topological polar surface area (TPSA) is 49.4 Å². The van der Waals surface area contributed by atoms with Crippen LogP contribution in [0.4, 0.5) is 0 Å². The van der Waals surface area contributed by atoms with Crippen molar-refractivity contribution >= 4 is 11.8 Å². The third kappa shape index (κ3) is 3.28. The van der Waals surface area contributed by atoms with Gasteiger partial charge >= 0.3 is 0 Å². The van der Waals surface area contributed by atoms with Crippen LogP contribution in [0.1, 0.15) is 58.8 Å². The molecule has 1 aliphatic carbocycles. The van der Waals surface area contributed by atoms with E-state index in [-0.39, 0.29) is 30.4 Å². The molecule has 1 aliphatic heterocycles. The molecule has 1 N–H and O–H groups in total. The van der Waals surface area contributed by atoms with E-state index in [4.69, 9.17) is 0 Å². The number of nitrogens with one attached hydrogen (secondary N) is 1. The minimum absolute atomic E-state index is 0.0108. The molecule has 0 radical (unpaired) electrons. The molecule has 0 bridgehead atoms. The second kappa shape index (κ2) is 6.40. The quantitative estimate of drug-likeness (QED) is 0.847. The van der Waals surface area contributed by atoms with Crippen LogP contribution in [0, 0.1) is 5.92 Å². The second-order valence-electron chi connectivity index (χ2n) is 5.97. The zero-order valence-electron chi connectivity index (χ0n) is 12.2. The van der Waals surface area contributed by atoms with Crippen LogP contribution in [0.3, 0.4) is 0 Å². The van der Waals surface area contributed by atoms with Crippen LogP contribution < -0.4 is 5.32 Å². The zero-order valence-corrected chi connectivity index (χ0v) is 12.2. The number of carbonyl (C=O) groups excluding carboxylic acids is 2. The maximum Gasteiger partial charge on any atom is 0.245 e. The van der Waals surface area contributed by atoms with Crippen molar-refractivity contribution in [3.05, 3.63) is 0 Å². The van der Waals surface area contributed by atoms with Gasteiger partial charge in [-0.1, -0.05) is 39.5 Å². The van der Waals surface area contributed by atoms with E-state index in [0.717, 1.165) is 31.6 Å². The minimum atomic E-state index is -0.284. The van der Waals surface area contributed by atoms with Gasteiger partial charge in [0.15, 0.2) is 0 Å².